The van der Waals surface area contributed by atoms with Crippen molar-refractivity contribution in [3.8, 4) is 11.5 Å². The molecule has 0 bridgehead atoms. The maximum atomic E-state index is 13.3. The van der Waals surface area contributed by atoms with E-state index < -0.39 is 11.8 Å². The Morgan fingerprint density at radius 2 is 1.71 bits per heavy atom. The molecule has 1 heterocycles. The van der Waals surface area contributed by atoms with Gasteiger partial charge in [-0.05, 0) is 29.8 Å². The number of nitrogens with one attached hydrogen (secondary N) is 2. The monoisotopic (exact) mass is 431 g/mol. The molecular formula is C22H26FN3O5. The fourth-order valence-electron chi connectivity index (χ4n) is 3.40. The maximum Gasteiger partial charge on any atom is 0.313 e. The zero-order valence-corrected chi connectivity index (χ0v) is 17.5. The van der Waals surface area contributed by atoms with Gasteiger partial charge < -0.3 is 24.8 Å². The van der Waals surface area contributed by atoms with Crippen LogP contribution in [-0.4, -0.2) is 63.8 Å². The molecule has 1 saturated heterocycles. The lowest BCUT2D eigenvalue weighted by Gasteiger charge is -2.34. The lowest BCUT2D eigenvalue weighted by Crippen LogP contribution is -2.45. The van der Waals surface area contributed by atoms with Gasteiger partial charge in [0.25, 0.3) is 0 Å². The fourth-order valence-corrected chi connectivity index (χ4v) is 3.40. The quantitative estimate of drug-likeness (QED) is 0.652. The third kappa shape index (κ3) is 5.93. The molecule has 0 saturated carbocycles. The van der Waals surface area contributed by atoms with E-state index in [0.29, 0.717) is 43.5 Å². The summed E-state index contributed by atoms with van der Waals surface area (Å²) in [6.45, 7) is 2.70. The first-order chi connectivity index (χ1) is 15.0. The molecule has 2 aromatic rings. The molecule has 8 nitrogen and oxygen atoms in total. The van der Waals surface area contributed by atoms with E-state index >= 15 is 0 Å². The first kappa shape index (κ1) is 22.5. The highest BCUT2D eigenvalue weighted by Gasteiger charge is 2.24. The van der Waals surface area contributed by atoms with Crippen molar-refractivity contribution < 1.29 is 28.2 Å². The summed E-state index contributed by atoms with van der Waals surface area (Å²) >= 11 is 0. The highest BCUT2D eigenvalue weighted by atomic mass is 19.1. The van der Waals surface area contributed by atoms with Crippen molar-refractivity contribution in [3.63, 3.8) is 0 Å². The summed E-state index contributed by atoms with van der Waals surface area (Å²) in [5.41, 5.74) is 1.25. The van der Waals surface area contributed by atoms with E-state index in [9.17, 15) is 14.0 Å². The smallest absolute Gasteiger partial charge is 0.313 e. The SMILES string of the molecule is COc1ccc(NC(=O)C(=O)NC[C@H](c2ccc(F)cc2)N2CCOCC2)cc1OC. The van der Waals surface area contributed by atoms with Crippen LogP contribution in [0, 0.1) is 5.82 Å². The highest BCUT2D eigenvalue weighted by Crippen LogP contribution is 2.29. The molecule has 3 rings (SSSR count). The Hall–Kier alpha value is -3.17. The lowest BCUT2D eigenvalue weighted by atomic mass is 10.0. The van der Waals surface area contributed by atoms with Crippen LogP contribution in [0.2, 0.25) is 0 Å². The summed E-state index contributed by atoms with van der Waals surface area (Å²) in [6, 6.07) is 10.7. The number of hydrogen-bond donors (Lipinski definition) is 2. The van der Waals surface area contributed by atoms with Crippen molar-refractivity contribution in [1.29, 1.82) is 0 Å². The standard InChI is InChI=1S/C22H26FN3O5/c1-29-19-8-7-17(13-20(19)30-2)25-22(28)21(27)24-14-18(26-9-11-31-12-10-26)15-3-5-16(23)6-4-15/h3-8,13,18H,9-12,14H2,1-2H3,(H,24,27)(H,25,28)/t18-/m1/s1. The number of halogens is 1. The van der Waals surface area contributed by atoms with Gasteiger partial charge in [0.2, 0.25) is 0 Å². The molecule has 1 atom stereocenters. The summed E-state index contributed by atoms with van der Waals surface area (Å²) in [7, 11) is 2.99. The Morgan fingerprint density at radius 3 is 2.35 bits per heavy atom. The minimum atomic E-state index is -0.799. The third-order valence-corrected chi connectivity index (χ3v) is 5.04. The van der Waals surface area contributed by atoms with Crippen molar-refractivity contribution in [2.75, 3.05) is 52.4 Å². The number of carbonyl (C=O) groups excluding carboxylic acids is 2. The number of carbonyl (C=O) groups is 2. The van der Waals surface area contributed by atoms with Crippen LogP contribution in [0.25, 0.3) is 0 Å². The fraction of sp³-hybridized carbons (Fsp3) is 0.364. The molecule has 0 spiro atoms. The molecule has 0 aromatic heterocycles. The van der Waals surface area contributed by atoms with Gasteiger partial charge in [-0.2, -0.15) is 0 Å². The van der Waals surface area contributed by atoms with E-state index in [0.717, 1.165) is 5.56 Å². The van der Waals surface area contributed by atoms with Gasteiger partial charge in [0, 0.05) is 31.4 Å². The molecular weight excluding hydrogens is 405 g/mol. The van der Waals surface area contributed by atoms with Gasteiger partial charge in [-0.15, -0.1) is 0 Å². The van der Waals surface area contributed by atoms with Crippen LogP contribution < -0.4 is 20.1 Å². The van der Waals surface area contributed by atoms with Gasteiger partial charge in [-0.1, -0.05) is 12.1 Å². The molecule has 166 valence electrons. The molecule has 1 aliphatic rings. The second kappa shape index (κ2) is 10.7. The third-order valence-electron chi connectivity index (χ3n) is 5.04. The summed E-state index contributed by atoms with van der Waals surface area (Å²) < 4.78 is 29.1. The summed E-state index contributed by atoms with van der Waals surface area (Å²) in [4.78, 5) is 26.9. The van der Waals surface area contributed by atoms with E-state index in [-0.39, 0.29) is 18.4 Å². The number of hydrogen-bond acceptors (Lipinski definition) is 6. The number of benzene rings is 2. The maximum absolute atomic E-state index is 13.3. The van der Waals surface area contributed by atoms with E-state index in [1.54, 1.807) is 30.3 Å². The van der Waals surface area contributed by atoms with Crippen LogP contribution in [0.5, 0.6) is 11.5 Å². The molecule has 1 aliphatic heterocycles. The molecule has 2 amide bonds. The molecule has 31 heavy (non-hydrogen) atoms. The largest absolute Gasteiger partial charge is 0.493 e. The van der Waals surface area contributed by atoms with Gasteiger partial charge in [-0.3, -0.25) is 14.5 Å². The number of anilines is 1. The molecule has 0 aliphatic carbocycles. The van der Waals surface area contributed by atoms with Crippen molar-refractivity contribution in [2.24, 2.45) is 0 Å². The Balaban J connectivity index is 1.64. The number of morpholine rings is 1. The Morgan fingerprint density at radius 1 is 1.03 bits per heavy atom. The summed E-state index contributed by atoms with van der Waals surface area (Å²) in [6.07, 6.45) is 0. The van der Waals surface area contributed by atoms with Crippen molar-refractivity contribution >= 4 is 17.5 Å². The van der Waals surface area contributed by atoms with Crippen LogP contribution in [0.1, 0.15) is 11.6 Å². The highest BCUT2D eigenvalue weighted by molar-refractivity contribution is 6.39. The van der Waals surface area contributed by atoms with Gasteiger partial charge in [-0.25, -0.2) is 4.39 Å². The first-order valence-electron chi connectivity index (χ1n) is 9.90. The lowest BCUT2D eigenvalue weighted by molar-refractivity contribution is -0.136. The van der Waals surface area contributed by atoms with Gasteiger partial charge in [0.15, 0.2) is 11.5 Å². The minimum Gasteiger partial charge on any atom is -0.493 e. The van der Waals surface area contributed by atoms with Gasteiger partial charge in [0.1, 0.15) is 5.82 Å². The van der Waals surface area contributed by atoms with E-state index in [2.05, 4.69) is 15.5 Å². The zero-order chi connectivity index (χ0) is 22.2. The average molecular weight is 431 g/mol. The minimum absolute atomic E-state index is 0.198. The number of amides is 2. The van der Waals surface area contributed by atoms with Crippen LogP contribution >= 0.6 is 0 Å². The van der Waals surface area contributed by atoms with Crippen molar-refractivity contribution in [3.05, 3.63) is 53.8 Å². The van der Waals surface area contributed by atoms with E-state index in [1.807, 2.05) is 0 Å². The molecule has 9 heteroatoms. The predicted molar refractivity (Wildman–Crippen MR) is 113 cm³/mol. The summed E-state index contributed by atoms with van der Waals surface area (Å²) in [5, 5.41) is 5.23. The number of ether oxygens (including phenoxy) is 3. The number of methoxy groups -OCH3 is 2. The number of nitrogens with zero attached hydrogens (tertiary/aromatic N) is 1. The predicted octanol–water partition coefficient (Wildman–Crippen LogP) is 1.97. The summed E-state index contributed by atoms with van der Waals surface area (Å²) in [5.74, 6) is -0.952. The van der Waals surface area contributed by atoms with Gasteiger partial charge >= 0.3 is 11.8 Å². The molecule has 2 N–H and O–H groups in total. The topological polar surface area (TPSA) is 89.1 Å². The van der Waals surface area contributed by atoms with Crippen molar-refractivity contribution in [2.45, 2.75) is 6.04 Å². The second-order valence-corrected chi connectivity index (χ2v) is 6.95. The van der Waals surface area contributed by atoms with Gasteiger partial charge in [0.05, 0.1) is 33.5 Å². The zero-order valence-electron chi connectivity index (χ0n) is 17.5. The first-order valence-corrected chi connectivity index (χ1v) is 9.90. The normalized spacial score (nSPS) is 15.1. The van der Waals surface area contributed by atoms with E-state index in [4.69, 9.17) is 14.2 Å². The van der Waals surface area contributed by atoms with E-state index in [1.165, 1.54) is 26.4 Å². The van der Waals surface area contributed by atoms with Crippen molar-refractivity contribution in [1.82, 2.24) is 10.2 Å². The molecule has 0 radical (unpaired) electrons. The molecule has 2 aromatic carbocycles. The van der Waals surface area contributed by atoms with Crippen LogP contribution in [-0.2, 0) is 14.3 Å². The Kier molecular flexibility index (Phi) is 7.80. The average Bonchev–Trinajstić information content (AvgIpc) is 2.80. The number of rotatable bonds is 7. The second-order valence-electron chi connectivity index (χ2n) is 6.95. The van der Waals surface area contributed by atoms with Crippen LogP contribution in [0.15, 0.2) is 42.5 Å². The Bertz CT molecular complexity index is 901. The molecule has 0 unspecified atom stereocenters. The van der Waals surface area contributed by atoms with Crippen LogP contribution in [0.3, 0.4) is 0 Å². The molecule has 1 fully saturated rings. The van der Waals surface area contributed by atoms with Crippen LogP contribution in [0.4, 0.5) is 10.1 Å². The Labute approximate surface area is 180 Å².